The normalized spacial score (nSPS) is 16.9. The van der Waals surface area contributed by atoms with Crippen molar-refractivity contribution < 1.29 is 13.7 Å². The Balaban J connectivity index is 2.08. The summed E-state index contributed by atoms with van der Waals surface area (Å²) in [5.74, 6) is -1.96. The van der Waals surface area contributed by atoms with Gasteiger partial charge in [-0.05, 0) is 25.8 Å². The minimum atomic E-state index is -1.15. The fourth-order valence-electron chi connectivity index (χ4n) is 2.70. The van der Waals surface area contributed by atoms with Gasteiger partial charge >= 0.3 is 5.69 Å². The molecule has 0 radical (unpaired) electrons. The van der Waals surface area contributed by atoms with Crippen molar-refractivity contribution in [3.8, 4) is 0 Å². The molecule has 7 heteroatoms. The summed E-state index contributed by atoms with van der Waals surface area (Å²) in [5.41, 5.74) is -0.765. The zero-order valence-corrected chi connectivity index (χ0v) is 11.9. The van der Waals surface area contributed by atoms with E-state index in [1.807, 2.05) is 0 Å². The van der Waals surface area contributed by atoms with Gasteiger partial charge in [0.05, 0.1) is 4.92 Å². The van der Waals surface area contributed by atoms with Crippen LogP contribution in [0.4, 0.5) is 20.2 Å². The van der Waals surface area contributed by atoms with E-state index in [1.54, 1.807) is 0 Å². The Hall–Kier alpha value is -1.76. The highest BCUT2D eigenvalue weighted by Gasteiger charge is 2.25. The van der Waals surface area contributed by atoms with Gasteiger partial charge in [0, 0.05) is 31.3 Å². The van der Waals surface area contributed by atoms with Crippen LogP contribution in [0.15, 0.2) is 12.1 Å². The Morgan fingerprint density at radius 1 is 1.38 bits per heavy atom. The van der Waals surface area contributed by atoms with Gasteiger partial charge in [0.2, 0.25) is 5.82 Å². The first-order valence-electron chi connectivity index (χ1n) is 7.13. The zero-order valence-electron chi connectivity index (χ0n) is 11.9. The van der Waals surface area contributed by atoms with Crippen LogP contribution in [-0.4, -0.2) is 35.5 Å². The minimum Gasteiger partial charge on any atom is -0.376 e. The molecule has 0 unspecified atom stereocenters. The lowest BCUT2D eigenvalue weighted by Crippen LogP contribution is -2.39. The van der Waals surface area contributed by atoms with Crippen molar-refractivity contribution in [3.63, 3.8) is 0 Å². The number of nitro groups is 1. The van der Waals surface area contributed by atoms with Gasteiger partial charge in [-0.3, -0.25) is 10.1 Å². The molecule has 0 aliphatic carbocycles. The molecule has 5 nitrogen and oxygen atoms in total. The van der Waals surface area contributed by atoms with E-state index in [9.17, 15) is 18.9 Å². The number of nitro benzene ring substituents is 1. The average molecular weight is 299 g/mol. The van der Waals surface area contributed by atoms with Crippen LogP contribution in [0.1, 0.15) is 26.2 Å². The third-order valence-electron chi connectivity index (χ3n) is 3.70. The van der Waals surface area contributed by atoms with Gasteiger partial charge in [-0.2, -0.15) is 4.39 Å². The molecule has 0 bridgehead atoms. The molecular weight excluding hydrogens is 280 g/mol. The first-order chi connectivity index (χ1) is 10.0. The summed E-state index contributed by atoms with van der Waals surface area (Å²) in [6.07, 6.45) is 2.68. The molecule has 0 atom stereocenters. The van der Waals surface area contributed by atoms with Crippen LogP contribution in [0.2, 0.25) is 0 Å². The van der Waals surface area contributed by atoms with Crippen molar-refractivity contribution >= 4 is 11.4 Å². The first kappa shape index (κ1) is 15.6. The van der Waals surface area contributed by atoms with E-state index in [1.165, 1.54) is 0 Å². The minimum absolute atomic E-state index is 0.00185. The van der Waals surface area contributed by atoms with Crippen LogP contribution in [0.25, 0.3) is 0 Å². The Bertz CT molecular complexity index is 517. The second-order valence-electron chi connectivity index (χ2n) is 5.30. The molecule has 1 N–H and O–H groups in total. The maximum absolute atomic E-state index is 13.5. The molecule has 0 amide bonds. The number of halogens is 2. The van der Waals surface area contributed by atoms with E-state index in [4.69, 9.17) is 0 Å². The summed E-state index contributed by atoms with van der Waals surface area (Å²) < 4.78 is 26.8. The van der Waals surface area contributed by atoms with E-state index >= 15 is 0 Å². The highest BCUT2D eigenvalue weighted by atomic mass is 19.1. The lowest BCUT2D eigenvalue weighted by Gasteiger charge is -2.32. The van der Waals surface area contributed by atoms with E-state index in [2.05, 4.69) is 17.1 Å². The molecule has 1 aromatic rings. The fourth-order valence-corrected chi connectivity index (χ4v) is 2.70. The monoisotopic (exact) mass is 299 g/mol. The summed E-state index contributed by atoms with van der Waals surface area (Å²) in [6.45, 7) is 4.92. The average Bonchev–Trinajstić information content (AvgIpc) is 2.40. The number of anilines is 1. The van der Waals surface area contributed by atoms with Gasteiger partial charge in [0.15, 0.2) is 0 Å². The van der Waals surface area contributed by atoms with E-state index in [-0.39, 0.29) is 11.7 Å². The number of rotatable bonds is 5. The lowest BCUT2D eigenvalue weighted by atomic mass is 10.0. The number of likely N-dealkylation sites (tertiary alicyclic amines) is 1. The number of hydrogen-bond acceptors (Lipinski definition) is 4. The second kappa shape index (κ2) is 6.80. The van der Waals surface area contributed by atoms with Gasteiger partial charge in [-0.15, -0.1) is 0 Å². The topological polar surface area (TPSA) is 58.4 Å². The van der Waals surface area contributed by atoms with Crippen LogP contribution in [0.5, 0.6) is 0 Å². The Morgan fingerprint density at radius 3 is 2.62 bits per heavy atom. The highest BCUT2D eigenvalue weighted by Crippen LogP contribution is 2.30. The van der Waals surface area contributed by atoms with Gasteiger partial charge < -0.3 is 10.2 Å². The summed E-state index contributed by atoms with van der Waals surface area (Å²) in [6, 6.07) is 1.52. The third kappa shape index (κ3) is 3.87. The smallest absolute Gasteiger partial charge is 0.327 e. The van der Waals surface area contributed by atoms with Crippen molar-refractivity contribution in [1.29, 1.82) is 0 Å². The van der Waals surface area contributed by atoms with Gasteiger partial charge in [0.25, 0.3) is 0 Å². The molecule has 2 rings (SSSR count). The van der Waals surface area contributed by atoms with E-state index < -0.39 is 22.2 Å². The van der Waals surface area contributed by atoms with Crippen LogP contribution in [0, 0.1) is 21.7 Å². The number of piperidine rings is 1. The van der Waals surface area contributed by atoms with Crippen molar-refractivity contribution in [3.05, 3.63) is 33.9 Å². The summed E-state index contributed by atoms with van der Waals surface area (Å²) in [7, 11) is 0. The molecule has 1 aliphatic rings. The second-order valence-corrected chi connectivity index (χ2v) is 5.30. The van der Waals surface area contributed by atoms with E-state index in [0.717, 1.165) is 45.0 Å². The SMILES string of the molecule is CCCN1CCC(Nc2cc(F)cc(F)c2[N+](=O)[O-])CC1. The van der Waals surface area contributed by atoms with Crippen LogP contribution >= 0.6 is 0 Å². The van der Waals surface area contributed by atoms with Crippen LogP contribution in [0.3, 0.4) is 0 Å². The Morgan fingerprint density at radius 2 is 2.05 bits per heavy atom. The summed E-state index contributed by atoms with van der Waals surface area (Å²) in [5, 5.41) is 13.9. The fraction of sp³-hybridized carbons (Fsp3) is 0.571. The molecule has 116 valence electrons. The Kier molecular flexibility index (Phi) is 5.06. The molecule has 1 fully saturated rings. The molecule has 0 aromatic heterocycles. The van der Waals surface area contributed by atoms with Gasteiger partial charge in [0.1, 0.15) is 11.5 Å². The van der Waals surface area contributed by atoms with Crippen molar-refractivity contribution in [2.75, 3.05) is 25.0 Å². The quantitative estimate of drug-likeness (QED) is 0.670. The summed E-state index contributed by atoms with van der Waals surface area (Å²) >= 11 is 0. The molecule has 21 heavy (non-hydrogen) atoms. The molecular formula is C14H19F2N3O2. The predicted octanol–water partition coefficient (Wildman–Crippen LogP) is 3.16. The largest absolute Gasteiger partial charge is 0.376 e. The predicted molar refractivity (Wildman–Crippen MR) is 76.4 cm³/mol. The standard InChI is InChI=1S/C14H19F2N3O2/c1-2-5-18-6-3-11(4-7-18)17-13-9-10(15)8-12(16)14(13)19(20)21/h8-9,11,17H,2-7H2,1H3. The van der Waals surface area contributed by atoms with Gasteiger partial charge in [-0.1, -0.05) is 6.92 Å². The van der Waals surface area contributed by atoms with Gasteiger partial charge in [-0.25, -0.2) is 4.39 Å². The van der Waals surface area contributed by atoms with Crippen molar-refractivity contribution in [2.45, 2.75) is 32.2 Å². The van der Waals surface area contributed by atoms with E-state index in [0.29, 0.717) is 6.07 Å². The molecule has 1 heterocycles. The molecule has 0 saturated carbocycles. The number of nitrogens with one attached hydrogen (secondary N) is 1. The first-order valence-corrected chi connectivity index (χ1v) is 7.13. The maximum Gasteiger partial charge on any atom is 0.327 e. The molecule has 0 spiro atoms. The van der Waals surface area contributed by atoms with Crippen molar-refractivity contribution in [1.82, 2.24) is 4.90 Å². The lowest BCUT2D eigenvalue weighted by molar-refractivity contribution is -0.386. The number of hydrogen-bond donors (Lipinski definition) is 1. The molecule has 1 aliphatic heterocycles. The van der Waals surface area contributed by atoms with Crippen LogP contribution in [-0.2, 0) is 0 Å². The van der Waals surface area contributed by atoms with Crippen LogP contribution < -0.4 is 5.32 Å². The summed E-state index contributed by atoms with van der Waals surface area (Å²) in [4.78, 5) is 12.4. The molecule has 1 aromatic carbocycles. The molecule has 1 saturated heterocycles. The highest BCUT2D eigenvalue weighted by molar-refractivity contribution is 5.62. The number of benzene rings is 1. The Labute approximate surface area is 122 Å². The third-order valence-corrected chi connectivity index (χ3v) is 3.70. The number of nitrogens with zero attached hydrogens (tertiary/aromatic N) is 2. The zero-order chi connectivity index (χ0) is 15.4. The van der Waals surface area contributed by atoms with Crippen molar-refractivity contribution in [2.24, 2.45) is 0 Å². The maximum atomic E-state index is 13.5.